The SMILES string of the molecule is C1=NN(c2cccnc2)CN1c1ccccc1. The Bertz CT molecular complexity index is 462. The Labute approximate surface area is 99.8 Å². The average molecular weight is 224 g/mol. The van der Waals surface area contributed by atoms with Crippen molar-refractivity contribution >= 4 is 17.7 Å². The third-order valence-corrected chi connectivity index (χ3v) is 2.65. The molecule has 3 rings (SSSR count). The van der Waals surface area contributed by atoms with Crippen LogP contribution in [0.15, 0.2) is 60.0 Å². The van der Waals surface area contributed by atoms with E-state index >= 15 is 0 Å². The molecule has 0 saturated carbocycles. The van der Waals surface area contributed by atoms with Crippen molar-refractivity contribution in [2.24, 2.45) is 5.10 Å². The molecular formula is C13H12N4. The number of nitrogens with zero attached hydrogens (tertiary/aromatic N) is 4. The number of benzene rings is 1. The van der Waals surface area contributed by atoms with E-state index in [9.17, 15) is 0 Å². The molecule has 0 bridgehead atoms. The predicted molar refractivity (Wildman–Crippen MR) is 69.0 cm³/mol. The fraction of sp³-hybridized carbons (Fsp3) is 0.0769. The molecule has 4 nitrogen and oxygen atoms in total. The minimum absolute atomic E-state index is 0.718. The maximum Gasteiger partial charge on any atom is 0.118 e. The molecule has 1 aliphatic heterocycles. The van der Waals surface area contributed by atoms with Crippen LogP contribution >= 0.6 is 0 Å². The number of rotatable bonds is 2. The van der Waals surface area contributed by atoms with Crippen molar-refractivity contribution in [2.45, 2.75) is 0 Å². The van der Waals surface area contributed by atoms with Crippen molar-refractivity contribution in [1.29, 1.82) is 0 Å². The van der Waals surface area contributed by atoms with E-state index in [2.05, 4.69) is 27.1 Å². The van der Waals surface area contributed by atoms with Crippen LogP contribution < -0.4 is 9.91 Å². The van der Waals surface area contributed by atoms with Crippen LogP contribution in [0.3, 0.4) is 0 Å². The molecule has 0 amide bonds. The highest BCUT2D eigenvalue weighted by atomic mass is 15.6. The Morgan fingerprint density at radius 3 is 2.53 bits per heavy atom. The van der Waals surface area contributed by atoms with Crippen molar-refractivity contribution < 1.29 is 0 Å². The van der Waals surface area contributed by atoms with Gasteiger partial charge in [-0.25, -0.2) is 5.01 Å². The number of hydrazone groups is 1. The van der Waals surface area contributed by atoms with Gasteiger partial charge in [0, 0.05) is 11.9 Å². The topological polar surface area (TPSA) is 31.7 Å². The summed E-state index contributed by atoms with van der Waals surface area (Å²) in [5, 5.41) is 6.27. The van der Waals surface area contributed by atoms with E-state index in [0.29, 0.717) is 0 Å². The fourth-order valence-electron chi connectivity index (χ4n) is 1.76. The molecule has 0 saturated heterocycles. The van der Waals surface area contributed by atoms with Crippen LogP contribution in [0.25, 0.3) is 0 Å². The fourth-order valence-corrected chi connectivity index (χ4v) is 1.76. The van der Waals surface area contributed by atoms with E-state index in [1.807, 2.05) is 47.9 Å². The van der Waals surface area contributed by atoms with Crippen molar-refractivity contribution in [2.75, 3.05) is 16.6 Å². The van der Waals surface area contributed by atoms with Crippen LogP contribution in [0.5, 0.6) is 0 Å². The first-order valence-corrected chi connectivity index (χ1v) is 5.47. The molecule has 4 heteroatoms. The van der Waals surface area contributed by atoms with E-state index in [-0.39, 0.29) is 0 Å². The molecule has 17 heavy (non-hydrogen) atoms. The summed E-state index contributed by atoms with van der Waals surface area (Å²) < 4.78 is 0. The average Bonchev–Trinajstić information content (AvgIpc) is 2.90. The molecule has 0 radical (unpaired) electrons. The largest absolute Gasteiger partial charge is 0.311 e. The zero-order valence-electron chi connectivity index (χ0n) is 9.27. The third kappa shape index (κ3) is 1.97. The summed E-state index contributed by atoms with van der Waals surface area (Å²) in [6.45, 7) is 0.718. The Morgan fingerprint density at radius 2 is 1.76 bits per heavy atom. The minimum Gasteiger partial charge on any atom is -0.311 e. The van der Waals surface area contributed by atoms with Gasteiger partial charge in [0.2, 0.25) is 0 Å². The van der Waals surface area contributed by atoms with Gasteiger partial charge < -0.3 is 4.90 Å². The van der Waals surface area contributed by atoms with E-state index < -0.39 is 0 Å². The standard InChI is InChI=1S/C13H12N4/c1-2-5-12(6-3-1)16-10-15-17(11-16)13-7-4-8-14-9-13/h1-10H,11H2. The summed E-state index contributed by atoms with van der Waals surface area (Å²) in [5.74, 6) is 0. The van der Waals surface area contributed by atoms with Crippen LogP contribution in [0.4, 0.5) is 11.4 Å². The predicted octanol–water partition coefficient (Wildman–Crippen LogP) is 2.31. The highest BCUT2D eigenvalue weighted by molar-refractivity contribution is 5.83. The van der Waals surface area contributed by atoms with Crippen molar-refractivity contribution in [1.82, 2.24) is 4.98 Å². The smallest absolute Gasteiger partial charge is 0.118 e. The van der Waals surface area contributed by atoms with E-state index in [4.69, 9.17) is 0 Å². The van der Waals surface area contributed by atoms with Crippen molar-refractivity contribution in [3.63, 3.8) is 0 Å². The minimum atomic E-state index is 0.718. The number of anilines is 2. The lowest BCUT2D eigenvalue weighted by Crippen LogP contribution is -2.26. The highest BCUT2D eigenvalue weighted by Gasteiger charge is 2.16. The van der Waals surface area contributed by atoms with E-state index in [0.717, 1.165) is 18.0 Å². The van der Waals surface area contributed by atoms with Gasteiger partial charge in [0.25, 0.3) is 0 Å². The molecule has 0 unspecified atom stereocenters. The van der Waals surface area contributed by atoms with Crippen molar-refractivity contribution in [3.8, 4) is 0 Å². The van der Waals surface area contributed by atoms with Crippen LogP contribution in [-0.2, 0) is 0 Å². The molecule has 1 aromatic carbocycles. The molecule has 2 aromatic rings. The van der Waals surface area contributed by atoms with Gasteiger partial charge in [0.15, 0.2) is 0 Å². The lowest BCUT2D eigenvalue weighted by atomic mass is 10.3. The van der Waals surface area contributed by atoms with Gasteiger partial charge in [-0.15, -0.1) is 0 Å². The summed E-state index contributed by atoms with van der Waals surface area (Å²) in [7, 11) is 0. The van der Waals surface area contributed by atoms with Crippen LogP contribution in [-0.4, -0.2) is 18.0 Å². The molecule has 0 spiro atoms. The quantitative estimate of drug-likeness (QED) is 0.784. The lowest BCUT2D eigenvalue weighted by Gasteiger charge is -2.18. The molecule has 1 aromatic heterocycles. The zero-order chi connectivity index (χ0) is 11.5. The molecule has 0 aliphatic carbocycles. The summed E-state index contributed by atoms with van der Waals surface area (Å²) in [6.07, 6.45) is 5.41. The van der Waals surface area contributed by atoms with Gasteiger partial charge in [0.1, 0.15) is 13.0 Å². The Hall–Kier alpha value is -2.36. The monoisotopic (exact) mass is 224 g/mol. The number of hydrogen-bond donors (Lipinski definition) is 0. The molecule has 0 N–H and O–H groups in total. The number of pyridine rings is 1. The Balaban J connectivity index is 1.78. The van der Waals surface area contributed by atoms with Crippen molar-refractivity contribution in [3.05, 3.63) is 54.9 Å². The van der Waals surface area contributed by atoms with Gasteiger partial charge >= 0.3 is 0 Å². The van der Waals surface area contributed by atoms with Crippen LogP contribution in [0, 0.1) is 0 Å². The Kier molecular flexibility index (Phi) is 2.46. The zero-order valence-corrected chi connectivity index (χ0v) is 9.27. The summed E-state index contributed by atoms with van der Waals surface area (Å²) in [4.78, 5) is 6.18. The summed E-state index contributed by atoms with van der Waals surface area (Å²) in [6, 6.07) is 14.1. The molecule has 1 aliphatic rings. The Morgan fingerprint density at radius 1 is 0.941 bits per heavy atom. The number of hydrogen-bond acceptors (Lipinski definition) is 4. The van der Waals surface area contributed by atoms with E-state index in [1.165, 1.54) is 0 Å². The molecule has 2 heterocycles. The number of para-hydroxylation sites is 1. The van der Waals surface area contributed by atoms with Gasteiger partial charge in [-0.05, 0) is 24.3 Å². The second kappa shape index (κ2) is 4.25. The first-order valence-electron chi connectivity index (χ1n) is 5.47. The van der Waals surface area contributed by atoms with Gasteiger partial charge in [-0.3, -0.25) is 4.98 Å². The third-order valence-electron chi connectivity index (χ3n) is 2.65. The second-order valence-electron chi connectivity index (χ2n) is 3.79. The molecule has 0 atom stereocenters. The first-order chi connectivity index (χ1) is 8.43. The second-order valence-corrected chi connectivity index (χ2v) is 3.79. The van der Waals surface area contributed by atoms with Gasteiger partial charge in [-0.2, -0.15) is 5.10 Å². The number of aromatic nitrogens is 1. The highest BCUT2D eigenvalue weighted by Crippen LogP contribution is 2.20. The van der Waals surface area contributed by atoms with Gasteiger partial charge in [-0.1, -0.05) is 18.2 Å². The molecule has 84 valence electrons. The molecular weight excluding hydrogens is 212 g/mol. The van der Waals surface area contributed by atoms with Crippen LogP contribution in [0.2, 0.25) is 0 Å². The first kappa shape index (κ1) is 9.84. The maximum absolute atomic E-state index is 4.36. The van der Waals surface area contributed by atoms with Crippen LogP contribution in [0.1, 0.15) is 0 Å². The normalized spacial score (nSPS) is 14.4. The summed E-state index contributed by atoms with van der Waals surface area (Å²) >= 11 is 0. The van der Waals surface area contributed by atoms with E-state index in [1.54, 1.807) is 6.20 Å². The van der Waals surface area contributed by atoms with Gasteiger partial charge in [0.05, 0.1) is 11.9 Å². The molecule has 0 fully saturated rings. The maximum atomic E-state index is 4.36. The lowest BCUT2D eigenvalue weighted by molar-refractivity contribution is 0.907. The summed E-state index contributed by atoms with van der Waals surface area (Å²) in [5.41, 5.74) is 2.14.